The number of nitrogens with two attached hydrogens (primary N) is 1. The molecule has 2 atom stereocenters. The molecule has 0 radical (unpaired) electrons. The topological polar surface area (TPSA) is 70.1 Å². The predicted molar refractivity (Wildman–Crippen MR) is 56.2 cm³/mol. The van der Waals surface area contributed by atoms with E-state index in [0.717, 1.165) is 17.2 Å². The molecule has 2 N–H and O–H groups in total. The first-order chi connectivity index (χ1) is 7.61. The molecule has 6 heteroatoms. The van der Waals surface area contributed by atoms with Crippen LogP contribution in [-0.2, 0) is 4.74 Å². The van der Waals surface area contributed by atoms with Gasteiger partial charge in [-0.2, -0.15) is 4.98 Å². The van der Waals surface area contributed by atoms with E-state index in [-0.39, 0.29) is 6.10 Å². The number of aromatic nitrogens is 2. The van der Waals surface area contributed by atoms with Gasteiger partial charge in [0.2, 0.25) is 0 Å². The molecule has 0 fully saturated rings. The molecule has 0 bridgehead atoms. The van der Waals surface area contributed by atoms with Crippen molar-refractivity contribution in [3.63, 3.8) is 0 Å². The van der Waals surface area contributed by atoms with E-state index < -0.39 is 23.6 Å². The summed E-state index contributed by atoms with van der Waals surface area (Å²) >= 11 is 0. The molecule has 5 nitrogen and oxygen atoms in total. The van der Waals surface area contributed by atoms with Crippen molar-refractivity contribution in [3.05, 3.63) is 34.7 Å². The lowest BCUT2D eigenvalue weighted by atomic mass is 10.3. The second kappa shape index (κ2) is 4.05. The lowest BCUT2D eigenvalue weighted by molar-refractivity contribution is 0.0136. The van der Waals surface area contributed by atoms with Gasteiger partial charge in [0.25, 0.3) is 0 Å². The number of ether oxygens (including phenoxy) is 1. The number of anilines is 1. The molecule has 0 unspecified atom stereocenters. The highest BCUT2D eigenvalue weighted by Crippen LogP contribution is 2.21. The van der Waals surface area contributed by atoms with Gasteiger partial charge in [-0.1, -0.05) is 13.0 Å². The van der Waals surface area contributed by atoms with Crippen molar-refractivity contribution in [1.29, 1.82) is 0 Å². The van der Waals surface area contributed by atoms with Gasteiger partial charge in [-0.05, 0) is 12.5 Å². The van der Waals surface area contributed by atoms with Crippen LogP contribution in [0, 0.1) is 5.82 Å². The van der Waals surface area contributed by atoms with Crippen molar-refractivity contribution in [2.75, 3.05) is 5.73 Å². The van der Waals surface area contributed by atoms with Crippen LogP contribution in [0.5, 0.6) is 0 Å². The van der Waals surface area contributed by atoms with Crippen LogP contribution in [0.2, 0.25) is 0 Å². The van der Waals surface area contributed by atoms with Gasteiger partial charge < -0.3 is 10.5 Å². The maximum atomic E-state index is 13.2. The minimum atomic E-state index is -0.725. The van der Waals surface area contributed by atoms with Gasteiger partial charge in [0.15, 0.2) is 17.9 Å². The molecule has 0 saturated carbocycles. The fourth-order valence-electron chi connectivity index (χ4n) is 1.52. The van der Waals surface area contributed by atoms with E-state index in [0.29, 0.717) is 0 Å². The van der Waals surface area contributed by atoms with Gasteiger partial charge in [0.1, 0.15) is 0 Å². The number of nitrogen functional groups attached to an aromatic ring is 1. The Bertz CT molecular complexity index is 483. The summed E-state index contributed by atoms with van der Waals surface area (Å²) in [5.41, 5.74) is 4.56. The van der Waals surface area contributed by atoms with E-state index in [2.05, 4.69) is 4.98 Å². The second-order valence-corrected chi connectivity index (χ2v) is 3.52. The summed E-state index contributed by atoms with van der Waals surface area (Å²) in [6, 6.07) is 0. The third-order valence-electron chi connectivity index (χ3n) is 2.42. The maximum absolute atomic E-state index is 13.2. The zero-order valence-electron chi connectivity index (χ0n) is 8.76. The van der Waals surface area contributed by atoms with Gasteiger partial charge in [-0.15, -0.1) is 0 Å². The molecule has 0 aromatic carbocycles. The van der Waals surface area contributed by atoms with E-state index in [1.54, 1.807) is 6.08 Å². The highest BCUT2D eigenvalue weighted by molar-refractivity contribution is 5.26. The molecule has 1 aliphatic heterocycles. The highest BCUT2D eigenvalue weighted by atomic mass is 19.1. The summed E-state index contributed by atoms with van der Waals surface area (Å²) in [4.78, 5) is 14.8. The van der Waals surface area contributed by atoms with Gasteiger partial charge >= 0.3 is 5.69 Å². The van der Waals surface area contributed by atoms with Crippen molar-refractivity contribution in [2.24, 2.45) is 0 Å². The smallest absolute Gasteiger partial charge is 0.352 e. The Labute approximate surface area is 91.4 Å². The summed E-state index contributed by atoms with van der Waals surface area (Å²) in [5.74, 6) is -1.12. The first-order valence-electron chi connectivity index (χ1n) is 4.99. The lowest BCUT2D eigenvalue weighted by Gasteiger charge is -2.15. The minimum absolute atomic E-state index is 0.0440. The molecule has 1 aromatic rings. The number of nitrogens with zero attached hydrogens (tertiary/aromatic N) is 2. The number of halogens is 1. The Morgan fingerprint density at radius 2 is 2.38 bits per heavy atom. The molecular formula is C10H12FN3O2. The number of rotatable bonds is 2. The normalized spacial score (nSPS) is 23.9. The van der Waals surface area contributed by atoms with Crippen LogP contribution in [0.1, 0.15) is 19.6 Å². The Hall–Kier alpha value is -1.69. The molecule has 0 amide bonds. The van der Waals surface area contributed by atoms with Crippen LogP contribution in [-0.4, -0.2) is 15.7 Å². The zero-order valence-corrected chi connectivity index (χ0v) is 8.76. The Balaban J connectivity index is 2.33. The van der Waals surface area contributed by atoms with Crippen molar-refractivity contribution < 1.29 is 9.13 Å². The third kappa shape index (κ3) is 1.83. The van der Waals surface area contributed by atoms with Gasteiger partial charge in [0.05, 0.1) is 12.3 Å². The fourth-order valence-corrected chi connectivity index (χ4v) is 1.52. The molecule has 0 spiro atoms. The Kier molecular flexibility index (Phi) is 2.74. The highest BCUT2D eigenvalue weighted by Gasteiger charge is 2.21. The van der Waals surface area contributed by atoms with Crippen LogP contribution in [0.25, 0.3) is 0 Å². The number of hydrogen-bond acceptors (Lipinski definition) is 4. The van der Waals surface area contributed by atoms with E-state index in [9.17, 15) is 9.18 Å². The largest absolute Gasteiger partial charge is 0.381 e. The lowest BCUT2D eigenvalue weighted by Crippen LogP contribution is -2.28. The van der Waals surface area contributed by atoms with E-state index >= 15 is 0 Å². The molecule has 86 valence electrons. The van der Waals surface area contributed by atoms with Crippen LogP contribution in [0.15, 0.2) is 23.1 Å². The van der Waals surface area contributed by atoms with E-state index in [4.69, 9.17) is 10.5 Å². The third-order valence-corrected chi connectivity index (χ3v) is 2.42. The van der Waals surface area contributed by atoms with Crippen LogP contribution >= 0.6 is 0 Å². The summed E-state index contributed by atoms with van der Waals surface area (Å²) in [7, 11) is 0. The molecule has 1 aliphatic rings. The van der Waals surface area contributed by atoms with E-state index in [1.165, 1.54) is 0 Å². The van der Waals surface area contributed by atoms with Crippen molar-refractivity contribution in [3.8, 4) is 0 Å². The molecular weight excluding hydrogens is 213 g/mol. The number of hydrogen-bond donors (Lipinski definition) is 1. The SMILES string of the molecule is CC[C@@H]1C=C[C@H](n2cc(F)c(N)nc2=O)O1. The monoisotopic (exact) mass is 225 g/mol. The Morgan fingerprint density at radius 3 is 3.00 bits per heavy atom. The summed E-state index contributed by atoms with van der Waals surface area (Å²) in [6.07, 6.45) is 4.71. The quantitative estimate of drug-likeness (QED) is 0.757. The van der Waals surface area contributed by atoms with Gasteiger partial charge in [-0.25, -0.2) is 9.18 Å². The maximum Gasteiger partial charge on any atom is 0.352 e. The molecule has 16 heavy (non-hydrogen) atoms. The average molecular weight is 225 g/mol. The minimum Gasteiger partial charge on any atom is -0.381 e. The van der Waals surface area contributed by atoms with Crippen LogP contribution in [0.3, 0.4) is 0 Å². The first kappa shape index (κ1) is 10.8. The molecule has 2 rings (SSSR count). The fraction of sp³-hybridized carbons (Fsp3) is 0.400. The first-order valence-corrected chi connectivity index (χ1v) is 4.99. The summed E-state index contributed by atoms with van der Waals surface area (Å²) < 4.78 is 19.7. The van der Waals surface area contributed by atoms with Crippen molar-refractivity contribution in [1.82, 2.24) is 9.55 Å². The summed E-state index contributed by atoms with van der Waals surface area (Å²) in [6.45, 7) is 1.96. The zero-order chi connectivity index (χ0) is 11.7. The molecule has 0 aliphatic carbocycles. The summed E-state index contributed by atoms with van der Waals surface area (Å²) in [5, 5.41) is 0. The molecule has 1 aromatic heterocycles. The molecule has 2 heterocycles. The molecule has 0 saturated heterocycles. The van der Waals surface area contributed by atoms with Crippen LogP contribution < -0.4 is 11.4 Å². The van der Waals surface area contributed by atoms with Crippen molar-refractivity contribution in [2.45, 2.75) is 25.7 Å². The predicted octanol–water partition coefficient (Wildman–Crippen LogP) is 0.828. The standard InChI is InChI=1S/C10H12FN3O2/c1-2-6-3-4-8(16-6)14-5-7(11)9(12)13-10(14)15/h3-6,8H,2H2,1H3,(H2,12,13,15)/t6-,8-/m1/s1. The van der Waals surface area contributed by atoms with Gasteiger partial charge in [0, 0.05) is 0 Å². The van der Waals surface area contributed by atoms with E-state index in [1.807, 2.05) is 13.0 Å². The second-order valence-electron chi connectivity index (χ2n) is 3.52. The van der Waals surface area contributed by atoms with Crippen LogP contribution in [0.4, 0.5) is 10.2 Å². The Morgan fingerprint density at radius 1 is 1.62 bits per heavy atom. The average Bonchev–Trinajstić information content (AvgIpc) is 2.71. The van der Waals surface area contributed by atoms with Crippen molar-refractivity contribution >= 4 is 5.82 Å². The van der Waals surface area contributed by atoms with Gasteiger partial charge in [-0.3, -0.25) is 4.57 Å².